The molecule has 3 aromatic rings. The van der Waals surface area contributed by atoms with E-state index in [0.717, 1.165) is 6.42 Å². The quantitative estimate of drug-likeness (QED) is 0.536. The zero-order valence-corrected chi connectivity index (χ0v) is 18.0. The lowest BCUT2D eigenvalue weighted by molar-refractivity contribution is -0.121. The van der Waals surface area contributed by atoms with Gasteiger partial charge in [-0.05, 0) is 60.7 Å². The molecule has 0 radical (unpaired) electrons. The highest BCUT2D eigenvalue weighted by Gasteiger charge is 2.14. The van der Waals surface area contributed by atoms with Gasteiger partial charge in [-0.2, -0.15) is 0 Å². The van der Waals surface area contributed by atoms with Crippen molar-refractivity contribution in [1.82, 2.24) is 5.32 Å². The molecule has 0 saturated carbocycles. The van der Waals surface area contributed by atoms with Gasteiger partial charge < -0.3 is 19.5 Å². The van der Waals surface area contributed by atoms with Crippen molar-refractivity contribution in [3.8, 4) is 17.2 Å². The van der Waals surface area contributed by atoms with Crippen molar-refractivity contribution in [2.24, 2.45) is 0 Å². The number of carbonyl (C=O) groups is 3. The highest BCUT2D eigenvalue weighted by molar-refractivity contribution is 6.09. The van der Waals surface area contributed by atoms with Gasteiger partial charge in [-0.1, -0.05) is 0 Å². The number of nitrogens with one attached hydrogen (secondary N) is 2. The van der Waals surface area contributed by atoms with Crippen molar-refractivity contribution in [2.45, 2.75) is 6.42 Å². The Bertz CT molecular complexity index is 1200. The van der Waals surface area contributed by atoms with E-state index in [9.17, 15) is 18.8 Å². The van der Waals surface area contributed by atoms with Crippen LogP contribution in [0.15, 0.2) is 66.7 Å². The number of benzene rings is 3. The predicted octanol–water partition coefficient (Wildman–Crippen LogP) is 3.95. The van der Waals surface area contributed by atoms with E-state index in [4.69, 9.17) is 14.2 Å². The van der Waals surface area contributed by atoms with Crippen LogP contribution in [0.3, 0.4) is 0 Å². The van der Waals surface area contributed by atoms with Gasteiger partial charge in [0.25, 0.3) is 5.91 Å². The fraction of sp³-hybridized carbons (Fsp3) is 0.160. The first-order valence-corrected chi connectivity index (χ1v) is 10.5. The van der Waals surface area contributed by atoms with Crippen molar-refractivity contribution >= 4 is 23.4 Å². The lowest BCUT2D eigenvalue weighted by atomic mass is 10.0. The number of hydrogen-bond donors (Lipinski definition) is 2. The first-order valence-electron chi connectivity index (χ1n) is 10.5. The smallest absolute Gasteiger partial charge is 0.325 e. The Hall–Kier alpha value is -4.40. The monoisotopic (exact) mass is 464 g/mol. The SMILES string of the molecule is O=C(COc1ccc(C(=O)c2ccc(F)cc2)cc1)NC(=O)Nc1ccc2c(c1)OCCCO2. The summed E-state index contributed by atoms with van der Waals surface area (Å²) in [4.78, 5) is 36.6. The van der Waals surface area contributed by atoms with E-state index in [1.807, 2.05) is 0 Å². The second kappa shape index (κ2) is 10.5. The summed E-state index contributed by atoms with van der Waals surface area (Å²) < 4.78 is 29.5. The molecule has 2 N–H and O–H groups in total. The molecule has 0 bridgehead atoms. The Morgan fingerprint density at radius 3 is 2.21 bits per heavy atom. The Balaban J connectivity index is 1.26. The van der Waals surface area contributed by atoms with Crippen LogP contribution in [0.25, 0.3) is 0 Å². The van der Waals surface area contributed by atoms with E-state index in [1.54, 1.807) is 18.2 Å². The number of amides is 3. The minimum absolute atomic E-state index is 0.268. The maximum absolute atomic E-state index is 13.0. The summed E-state index contributed by atoms with van der Waals surface area (Å²) in [6.07, 6.45) is 0.764. The van der Waals surface area contributed by atoms with Crippen LogP contribution in [0.5, 0.6) is 17.2 Å². The largest absolute Gasteiger partial charge is 0.490 e. The molecule has 1 aliphatic heterocycles. The molecular formula is C25H21FN2O6. The van der Waals surface area contributed by atoms with Gasteiger partial charge in [0.2, 0.25) is 0 Å². The third-order valence-corrected chi connectivity index (χ3v) is 4.85. The minimum atomic E-state index is -0.719. The predicted molar refractivity (Wildman–Crippen MR) is 121 cm³/mol. The summed E-state index contributed by atoms with van der Waals surface area (Å²) in [5.74, 6) is 0.113. The van der Waals surface area contributed by atoms with Gasteiger partial charge in [0.1, 0.15) is 11.6 Å². The minimum Gasteiger partial charge on any atom is -0.490 e. The summed E-state index contributed by atoms with van der Waals surface area (Å²) in [5.41, 5.74) is 1.18. The van der Waals surface area contributed by atoms with Gasteiger partial charge >= 0.3 is 6.03 Å². The number of rotatable bonds is 6. The highest BCUT2D eigenvalue weighted by atomic mass is 19.1. The zero-order valence-electron chi connectivity index (χ0n) is 18.0. The number of ketones is 1. The summed E-state index contributed by atoms with van der Waals surface area (Å²) in [5, 5.41) is 4.73. The molecule has 3 aromatic carbocycles. The number of imide groups is 1. The lowest BCUT2D eigenvalue weighted by Crippen LogP contribution is -2.37. The van der Waals surface area contributed by atoms with Crippen molar-refractivity contribution in [3.05, 3.63) is 83.7 Å². The first kappa shape index (κ1) is 22.8. The Morgan fingerprint density at radius 1 is 0.853 bits per heavy atom. The molecule has 0 unspecified atom stereocenters. The van der Waals surface area contributed by atoms with Crippen LogP contribution in [-0.4, -0.2) is 37.5 Å². The van der Waals surface area contributed by atoms with E-state index in [1.165, 1.54) is 48.5 Å². The molecule has 0 saturated heterocycles. The van der Waals surface area contributed by atoms with Gasteiger partial charge in [-0.3, -0.25) is 14.9 Å². The molecule has 174 valence electrons. The average molecular weight is 464 g/mol. The number of carbonyl (C=O) groups excluding carboxylic acids is 3. The molecule has 0 spiro atoms. The maximum atomic E-state index is 13.0. The number of ether oxygens (including phenoxy) is 3. The standard InChI is InChI=1S/C25H21FN2O6/c26-18-6-2-16(3-7-18)24(30)17-4-9-20(10-5-17)34-15-23(29)28-25(31)27-19-8-11-21-22(14-19)33-13-1-12-32-21/h2-11,14H,1,12-13,15H2,(H2,27,28,29,31). The number of urea groups is 1. The first-order chi connectivity index (χ1) is 16.5. The topological polar surface area (TPSA) is 103 Å². The fourth-order valence-corrected chi connectivity index (χ4v) is 3.19. The molecule has 1 aliphatic rings. The van der Waals surface area contributed by atoms with E-state index in [2.05, 4.69) is 10.6 Å². The average Bonchev–Trinajstić information content (AvgIpc) is 3.08. The Morgan fingerprint density at radius 2 is 1.50 bits per heavy atom. The lowest BCUT2D eigenvalue weighted by Gasteiger charge is -2.11. The molecule has 8 nitrogen and oxygen atoms in total. The molecule has 4 rings (SSSR count). The molecule has 34 heavy (non-hydrogen) atoms. The van der Waals surface area contributed by atoms with Crippen LogP contribution in [0, 0.1) is 5.82 Å². The van der Waals surface area contributed by atoms with E-state index < -0.39 is 24.4 Å². The van der Waals surface area contributed by atoms with Gasteiger partial charge in [-0.25, -0.2) is 9.18 Å². The summed E-state index contributed by atoms with van der Waals surface area (Å²) >= 11 is 0. The zero-order chi connectivity index (χ0) is 23.9. The van der Waals surface area contributed by atoms with Crippen LogP contribution in [-0.2, 0) is 4.79 Å². The van der Waals surface area contributed by atoms with Crippen LogP contribution in [0.4, 0.5) is 14.9 Å². The molecule has 0 aromatic heterocycles. The molecule has 0 atom stereocenters. The van der Waals surface area contributed by atoms with Crippen molar-refractivity contribution in [3.63, 3.8) is 0 Å². The molecule has 0 fully saturated rings. The van der Waals surface area contributed by atoms with Crippen LogP contribution < -0.4 is 24.8 Å². The van der Waals surface area contributed by atoms with Crippen LogP contribution >= 0.6 is 0 Å². The van der Waals surface area contributed by atoms with Gasteiger partial charge in [0.15, 0.2) is 23.9 Å². The van der Waals surface area contributed by atoms with Gasteiger partial charge in [-0.15, -0.1) is 0 Å². The molecular weight excluding hydrogens is 443 g/mol. The number of hydrogen-bond acceptors (Lipinski definition) is 6. The van der Waals surface area contributed by atoms with E-state index >= 15 is 0 Å². The van der Waals surface area contributed by atoms with Crippen LogP contribution in [0.1, 0.15) is 22.3 Å². The summed E-state index contributed by atoms with van der Waals surface area (Å²) in [7, 11) is 0. The Kier molecular flexibility index (Phi) is 7.02. The normalized spacial score (nSPS) is 12.3. The van der Waals surface area contributed by atoms with Crippen molar-refractivity contribution < 1.29 is 33.0 Å². The summed E-state index contributed by atoms with van der Waals surface area (Å²) in [6, 6.07) is 15.6. The molecule has 0 aliphatic carbocycles. The maximum Gasteiger partial charge on any atom is 0.325 e. The molecule has 3 amide bonds. The number of anilines is 1. The van der Waals surface area contributed by atoms with Crippen molar-refractivity contribution in [1.29, 1.82) is 0 Å². The fourth-order valence-electron chi connectivity index (χ4n) is 3.19. The number of halogens is 1. The molecule has 9 heteroatoms. The second-order valence-corrected chi connectivity index (χ2v) is 7.36. The third-order valence-electron chi connectivity index (χ3n) is 4.85. The van der Waals surface area contributed by atoms with Gasteiger partial charge in [0, 0.05) is 29.3 Å². The van der Waals surface area contributed by atoms with Crippen molar-refractivity contribution in [2.75, 3.05) is 25.1 Å². The van der Waals surface area contributed by atoms with E-state index in [-0.39, 0.29) is 5.78 Å². The third kappa shape index (κ3) is 5.89. The second-order valence-electron chi connectivity index (χ2n) is 7.36. The summed E-state index contributed by atoms with van der Waals surface area (Å²) in [6.45, 7) is 0.668. The van der Waals surface area contributed by atoms with Crippen LogP contribution in [0.2, 0.25) is 0 Å². The highest BCUT2D eigenvalue weighted by Crippen LogP contribution is 2.32. The van der Waals surface area contributed by atoms with Gasteiger partial charge in [0.05, 0.1) is 13.2 Å². The van der Waals surface area contributed by atoms with E-state index in [0.29, 0.717) is 47.3 Å². The molecule has 1 heterocycles. The number of fused-ring (bicyclic) bond motifs is 1. The Labute approximate surface area is 194 Å².